The SMILES string of the molecule is O=C(O)c1ccc(/C(F)=C/C(c2cc(Cl)c(F)c(Cl)c2)C(F)(F)F)cc1C(F)(F)F. The van der Waals surface area contributed by atoms with Gasteiger partial charge >= 0.3 is 18.3 Å². The second-order valence-electron chi connectivity index (χ2n) is 5.90. The summed E-state index contributed by atoms with van der Waals surface area (Å²) < 4.78 is 107. The summed E-state index contributed by atoms with van der Waals surface area (Å²) in [5.74, 6) is -7.62. The third-order valence-corrected chi connectivity index (χ3v) is 4.41. The van der Waals surface area contributed by atoms with Gasteiger partial charge in [0.1, 0.15) is 11.7 Å². The second kappa shape index (κ2) is 8.43. The molecule has 12 heteroatoms. The molecular formula is C18H8Cl2F8O2. The minimum atomic E-state index is -5.20. The number of hydrogen-bond acceptors (Lipinski definition) is 1. The summed E-state index contributed by atoms with van der Waals surface area (Å²) in [5.41, 5.74) is -4.65. The van der Waals surface area contributed by atoms with Gasteiger partial charge < -0.3 is 5.11 Å². The molecule has 0 aromatic heterocycles. The number of rotatable bonds is 4. The molecule has 0 amide bonds. The van der Waals surface area contributed by atoms with Crippen LogP contribution in [0, 0.1) is 5.82 Å². The Bertz CT molecular complexity index is 989. The maximum Gasteiger partial charge on any atom is 0.417 e. The van der Waals surface area contributed by atoms with E-state index in [0.717, 1.165) is 0 Å². The zero-order valence-electron chi connectivity index (χ0n) is 14.2. The second-order valence-corrected chi connectivity index (χ2v) is 6.71. The van der Waals surface area contributed by atoms with Crippen LogP contribution in [0.5, 0.6) is 0 Å². The van der Waals surface area contributed by atoms with E-state index in [2.05, 4.69) is 0 Å². The Morgan fingerprint density at radius 2 is 1.53 bits per heavy atom. The predicted molar refractivity (Wildman–Crippen MR) is 92.7 cm³/mol. The van der Waals surface area contributed by atoms with Crippen molar-refractivity contribution in [3.05, 3.63) is 74.5 Å². The van der Waals surface area contributed by atoms with Gasteiger partial charge in [0.25, 0.3) is 0 Å². The van der Waals surface area contributed by atoms with Crippen LogP contribution < -0.4 is 0 Å². The van der Waals surface area contributed by atoms with Crippen LogP contribution in [-0.2, 0) is 6.18 Å². The molecule has 0 heterocycles. The van der Waals surface area contributed by atoms with Gasteiger partial charge in [-0.3, -0.25) is 0 Å². The number of allylic oxidation sites excluding steroid dienone is 1. The number of benzene rings is 2. The third kappa shape index (κ3) is 5.23. The maximum absolute atomic E-state index is 14.5. The molecule has 0 spiro atoms. The van der Waals surface area contributed by atoms with Crippen LogP contribution in [-0.4, -0.2) is 17.3 Å². The number of aromatic carboxylic acids is 1. The van der Waals surface area contributed by atoms with Crippen molar-refractivity contribution in [2.45, 2.75) is 18.3 Å². The molecule has 2 aromatic carbocycles. The Balaban J connectivity index is 2.62. The monoisotopic (exact) mass is 478 g/mol. The van der Waals surface area contributed by atoms with Crippen molar-refractivity contribution in [1.29, 1.82) is 0 Å². The lowest BCUT2D eigenvalue weighted by molar-refractivity contribution is -0.140. The zero-order valence-corrected chi connectivity index (χ0v) is 15.7. The Kier molecular flexibility index (Phi) is 6.72. The van der Waals surface area contributed by atoms with Crippen molar-refractivity contribution in [1.82, 2.24) is 0 Å². The van der Waals surface area contributed by atoms with Gasteiger partial charge in [-0.25, -0.2) is 13.6 Å². The largest absolute Gasteiger partial charge is 0.478 e. The van der Waals surface area contributed by atoms with E-state index in [-0.39, 0.29) is 12.1 Å². The minimum Gasteiger partial charge on any atom is -0.478 e. The fourth-order valence-electron chi connectivity index (χ4n) is 2.49. The molecule has 0 bridgehead atoms. The number of hydrogen-bond donors (Lipinski definition) is 1. The van der Waals surface area contributed by atoms with Crippen molar-refractivity contribution in [3.8, 4) is 0 Å². The molecule has 0 aliphatic carbocycles. The Morgan fingerprint density at radius 3 is 1.97 bits per heavy atom. The molecule has 2 rings (SSSR count). The lowest BCUT2D eigenvalue weighted by Crippen LogP contribution is -2.19. The molecule has 0 aliphatic heterocycles. The maximum atomic E-state index is 14.5. The van der Waals surface area contributed by atoms with Gasteiger partial charge in [-0.2, -0.15) is 26.3 Å². The summed E-state index contributed by atoms with van der Waals surface area (Å²) in [5, 5.41) is 7.28. The van der Waals surface area contributed by atoms with Crippen molar-refractivity contribution in [3.63, 3.8) is 0 Å². The highest BCUT2D eigenvalue weighted by Gasteiger charge is 2.41. The van der Waals surface area contributed by atoms with E-state index < -0.39 is 68.2 Å². The summed E-state index contributed by atoms with van der Waals surface area (Å²) in [6.07, 6.45) is -10.4. The summed E-state index contributed by atoms with van der Waals surface area (Å²) in [6.45, 7) is 0. The lowest BCUT2D eigenvalue weighted by Gasteiger charge is -2.19. The van der Waals surface area contributed by atoms with Crippen molar-refractivity contribution >= 4 is 35.0 Å². The van der Waals surface area contributed by atoms with E-state index in [4.69, 9.17) is 28.3 Å². The topological polar surface area (TPSA) is 37.3 Å². The Labute approximate surface area is 173 Å². The number of carbonyl (C=O) groups is 1. The van der Waals surface area contributed by atoms with E-state index in [1.807, 2.05) is 0 Å². The van der Waals surface area contributed by atoms with E-state index in [9.17, 15) is 39.9 Å². The average Bonchev–Trinajstić information content (AvgIpc) is 2.61. The van der Waals surface area contributed by atoms with Crippen molar-refractivity contribution < 1.29 is 45.0 Å². The number of halogens is 10. The highest BCUT2D eigenvalue weighted by molar-refractivity contribution is 6.35. The fraction of sp³-hybridized carbons (Fsp3) is 0.167. The third-order valence-electron chi connectivity index (χ3n) is 3.86. The van der Waals surface area contributed by atoms with Gasteiger partial charge in [-0.05, 0) is 35.9 Å². The van der Waals surface area contributed by atoms with Gasteiger partial charge in [-0.15, -0.1) is 0 Å². The van der Waals surface area contributed by atoms with Gasteiger partial charge in [0.05, 0.1) is 21.2 Å². The molecule has 162 valence electrons. The van der Waals surface area contributed by atoms with Gasteiger partial charge in [0.2, 0.25) is 0 Å². The van der Waals surface area contributed by atoms with Gasteiger partial charge in [0, 0.05) is 5.56 Å². The highest BCUT2D eigenvalue weighted by Crippen LogP contribution is 2.41. The minimum absolute atomic E-state index is 0.0458. The van der Waals surface area contributed by atoms with Crippen LogP contribution in [0.3, 0.4) is 0 Å². The first kappa shape index (κ1) is 23.9. The zero-order chi connectivity index (χ0) is 23.0. The normalized spacial score (nSPS) is 14.0. The lowest BCUT2D eigenvalue weighted by atomic mass is 9.95. The van der Waals surface area contributed by atoms with Gasteiger partial charge in [-0.1, -0.05) is 29.3 Å². The molecule has 1 atom stereocenters. The van der Waals surface area contributed by atoms with Crippen LogP contribution in [0.4, 0.5) is 35.1 Å². The molecule has 2 nitrogen and oxygen atoms in total. The fourth-order valence-corrected chi connectivity index (χ4v) is 2.99. The first-order valence-corrected chi connectivity index (χ1v) is 8.42. The smallest absolute Gasteiger partial charge is 0.417 e. The molecule has 1 N–H and O–H groups in total. The quantitative estimate of drug-likeness (QED) is 0.364. The van der Waals surface area contributed by atoms with Crippen LogP contribution >= 0.6 is 23.2 Å². The summed E-state index contributed by atoms with van der Waals surface area (Å²) in [4.78, 5) is 10.9. The van der Waals surface area contributed by atoms with Crippen LogP contribution in [0.1, 0.15) is 33.0 Å². The first-order valence-electron chi connectivity index (χ1n) is 7.66. The standard InChI is InChI=1S/C18H8Cl2F8O2/c19-12-4-8(5-13(20)15(12)22)10(17(23,24)25)6-14(21)7-1-2-9(16(29)30)11(3-7)18(26,27)28/h1-6,10H,(H,29,30)/b14-6-. The molecule has 30 heavy (non-hydrogen) atoms. The average molecular weight is 479 g/mol. The molecule has 2 aromatic rings. The van der Waals surface area contributed by atoms with E-state index in [0.29, 0.717) is 24.3 Å². The van der Waals surface area contributed by atoms with Crippen LogP contribution in [0.25, 0.3) is 5.83 Å². The first-order chi connectivity index (χ1) is 13.6. The highest BCUT2D eigenvalue weighted by atomic mass is 35.5. The van der Waals surface area contributed by atoms with Crippen LogP contribution in [0.15, 0.2) is 36.4 Å². The summed E-state index contributed by atoms with van der Waals surface area (Å²) in [7, 11) is 0. The Morgan fingerprint density at radius 1 is 1.00 bits per heavy atom. The molecule has 0 saturated carbocycles. The molecular weight excluding hydrogens is 471 g/mol. The number of carboxylic acids is 1. The van der Waals surface area contributed by atoms with Gasteiger partial charge in [0.15, 0.2) is 5.82 Å². The molecule has 0 saturated heterocycles. The molecule has 0 aliphatic rings. The molecule has 1 unspecified atom stereocenters. The predicted octanol–water partition coefficient (Wildman–Crippen LogP) is 7.51. The summed E-state index contributed by atoms with van der Waals surface area (Å²) >= 11 is 10.9. The Hall–Kier alpha value is -2.33. The van der Waals surface area contributed by atoms with E-state index >= 15 is 0 Å². The van der Waals surface area contributed by atoms with Crippen molar-refractivity contribution in [2.24, 2.45) is 0 Å². The molecule has 0 fully saturated rings. The summed E-state index contributed by atoms with van der Waals surface area (Å²) in [6, 6.07) is 2.19. The molecule has 0 radical (unpaired) electrons. The van der Waals surface area contributed by atoms with Crippen LogP contribution in [0.2, 0.25) is 10.0 Å². The number of carboxylic acid groups (broad SMARTS) is 1. The van der Waals surface area contributed by atoms with Crippen molar-refractivity contribution in [2.75, 3.05) is 0 Å². The van der Waals surface area contributed by atoms with E-state index in [1.54, 1.807) is 0 Å². The number of alkyl halides is 6. The van der Waals surface area contributed by atoms with E-state index in [1.165, 1.54) is 0 Å².